The molecule has 0 amide bonds. The fourth-order valence-electron chi connectivity index (χ4n) is 2.57. The standard InChI is InChI=1S/C18H17NO4/c1-12(20)22-13-7-8-16-14(10-13)15(11-18(2,3)23-16)19-9-5-4-6-17(19)21/h4-11H,1-3H3. The topological polar surface area (TPSA) is 57.5 Å². The fraction of sp³-hybridized carbons (Fsp3) is 0.222. The molecule has 0 unspecified atom stereocenters. The van der Waals surface area contributed by atoms with Gasteiger partial charge in [-0.2, -0.15) is 0 Å². The fourth-order valence-corrected chi connectivity index (χ4v) is 2.57. The summed E-state index contributed by atoms with van der Waals surface area (Å²) in [6.45, 7) is 5.19. The highest BCUT2D eigenvalue weighted by Gasteiger charge is 2.28. The van der Waals surface area contributed by atoms with E-state index in [1.165, 1.54) is 13.0 Å². The van der Waals surface area contributed by atoms with E-state index < -0.39 is 11.6 Å². The van der Waals surface area contributed by atoms with Crippen LogP contribution in [0.15, 0.2) is 53.5 Å². The molecule has 0 saturated heterocycles. The lowest BCUT2D eigenvalue weighted by molar-refractivity contribution is -0.131. The van der Waals surface area contributed by atoms with Crippen LogP contribution in [-0.2, 0) is 4.79 Å². The van der Waals surface area contributed by atoms with Crippen molar-refractivity contribution in [2.45, 2.75) is 26.4 Å². The lowest BCUT2D eigenvalue weighted by atomic mass is 9.98. The molecule has 0 radical (unpaired) electrons. The summed E-state index contributed by atoms with van der Waals surface area (Å²) in [5, 5.41) is 0. The number of ether oxygens (including phenoxy) is 2. The molecule has 0 atom stereocenters. The third-order valence-corrected chi connectivity index (χ3v) is 3.43. The molecule has 1 aliphatic heterocycles. The summed E-state index contributed by atoms with van der Waals surface area (Å²) < 4.78 is 12.6. The molecule has 1 aromatic heterocycles. The van der Waals surface area contributed by atoms with E-state index in [4.69, 9.17) is 9.47 Å². The highest BCUT2D eigenvalue weighted by Crippen LogP contribution is 2.38. The Bertz CT molecular complexity index is 861. The average molecular weight is 311 g/mol. The zero-order valence-electron chi connectivity index (χ0n) is 13.2. The largest absolute Gasteiger partial charge is 0.483 e. The van der Waals surface area contributed by atoms with Crippen LogP contribution in [-0.4, -0.2) is 16.1 Å². The average Bonchev–Trinajstić information content (AvgIpc) is 2.46. The molecule has 0 fully saturated rings. The van der Waals surface area contributed by atoms with Crippen LogP contribution in [0, 0.1) is 0 Å². The van der Waals surface area contributed by atoms with E-state index in [1.807, 2.05) is 19.9 Å². The van der Waals surface area contributed by atoms with Gasteiger partial charge >= 0.3 is 5.97 Å². The zero-order chi connectivity index (χ0) is 16.6. The summed E-state index contributed by atoms with van der Waals surface area (Å²) in [7, 11) is 0. The Hall–Kier alpha value is -2.82. The lowest BCUT2D eigenvalue weighted by Crippen LogP contribution is -2.32. The third-order valence-electron chi connectivity index (χ3n) is 3.43. The molecule has 23 heavy (non-hydrogen) atoms. The Morgan fingerprint density at radius 3 is 2.70 bits per heavy atom. The summed E-state index contributed by atoms with van der Waals surface area (Å²) in [5.74, 6) is 0.651. The van der Waals surface area contributed by atoms with Crippen LogP contribution >= 0.6 is 0 Å². The van der Waals surface area contributed by atoms with E-state index in [1.54, 1.807) is 41.1 Å². The Morgan fingerprint density at radius 2 is 2.00 bits per heavy atom. The summed E-state index contributed by atoms with van der Waals surface area (Å²) in [4.78, 5) is 23.4. The summed E-state index contributed by atoms with van der Waals surface area (Å²) in [6.07, 6.45) is 3.59. The lowest BCUT2D eigenvalue weighted by Gasteiger charge is -2.31. The van der Waals surface area contributed by atoms with Gasteiger partial charge in [0, 0.05) is 24.8 Å². The van der Waals surface area contributed by atoms with Gasteiger partial charge in [-0.25, -0.2) is 0 Å². The van der Waals surface area contributed by atoms with Crippen LogP contribution in [0.5, 0.6) is 11.5 Å². The second-order valence-electron chi connectivity index (χ2n) is 5.90. The minimum absolute atomic E-state index is 0.139. The van der Waals surface area contributed by atoms with Crippen LogP contribution in [0.3, 0.4) is 0 Å². The Labute approximate surface area is 133 Å². The minimum Gasteiger partial charge on any atom is -0.483 e. The number of esters is 1. The molecule has 3 rings (SSSR count). The number of pyridine rings is 1. The van der Waals surface area contributed by atoms with Gasteiger partial charge in [-0.05, 0) is 44.2 Å². The first kappa shape index (κ1) is 15.1. The van der Waals surface area contributed by atoms with E-state index in [9.17, 15) is 9.59 Å². The second-order valence-corrected chi connectivity index (χ2v) is 5.90. The smallest absolute Gasteiger partial charge is 0.308 e. The van der Waals surface area contributed by atoms with Crippen molar-refractivity contribution in [3.8, 4) is 11.5 Å². The van der Waals surface area contributed by atoms with Gasteiger partial charge in [0.25, 0.3) is 5.56 Å². The highest BCUT2D eigenvalue weighted by atomic mass is 16.5. The van der Waals surface area contributed by atoms with Crippen molar-refractivity contribution < 1.29 is 14.3 Å². The molecule has 5 nitrogen and oxygen atoms in total. The molecule has 118 valence electrons. The first-order valence-corrected chi connectivity index (χ1v) is 7.28. The molecule has 1 aromatic carbocycles. The number of hydrogen-bond acceptors (Lipinski definition) is 4. The van der Waals surface area contributed by atoms with Crippen molar-refractivity contribution in [3.63, 3.8) is 0 Å². The first-order valence-electron chi connectivity index (χ1n) is 7.28. The first-order chi connectivity index (χ1) is 10.9. The van der Waals surface area contributed by atoms with Crippen molar-refractivity contribution >= 4 is 11.7 Å². The molecule has 0 bridgehead atoms. The summed E-state index contributed by atoms with van der Waals surface area (Å²) in [5.41, 5.74) is 0.716. The Morgan fingerprint density at radius 1 is 1.22 bits per heavy atom. The summed E-state index contributed by atoms with van der Waals surface area (Å²) >= 11 is 0. The molecular weight excluding hydrogens is 294 g/mol. The number of rotatable bonds is 2. The van der Waals surface area contributed by atoms with Crippen LogP contribution in [0.4, 0.5) is 0 Å². The quantitative estimate of drug-likeness (QED) is 0.632. The van der Waals surface area contributed by atoms with Gasteiger partial charge in [0.1, 0.15) is 17.1 Å². The van der Waals surface area contributed by atoms with Gasteiger partial charge in [0.15, 0.2) is 0 Å². The van der Waals surface area contributed by atoms with Gasteiger partial charge in [0.05, 0.1) is 5.70 Å². The van der Waals surface area contributed by atoms with E-state index >= 15 is 0 Å². The van der Waals surface area contributed by atoms with Crippen molar-refractivity contribution in [2.75, 3.05) is 0 Å². The van der Waals surface area contributed by atoms with Crippen LogP contribution in [0.25, 0.3) is 5.70 Å². The number of carbonyl (C=O) groups excluding carboxylic acids is 1. The van der Waals surface area contributed by atoms with Gasteiger partial charge in [0.2, 0.25) is 0 Å². The molecule has 0 saturated carbocycles. The molecule has 0 N–H and O–H groups in total. The van der Waals surface area contributed by atoms with Crippen LogP contribution in [0.1, 0.15) is 26.3 Å². The zero-order valence-corrected chi connectivity index (χ0v) is 13.2. The Balaban J connectivity index is 2.19. The maximum absolute atomic E-state index is 12.2. The molecule has 2 aromatic rings. The summed E-state index contributed by atoms with van der Waals surface area (Å²) in [6, 6.07) is 10.1. The van der Waals surface area contributed by atoms with E-state index in [2.05, 4.69) is 0 Å². The second kappa shape index (κ2) is 5.43. The molecule has 2 heterocycles. The van der Waals surface area contributed by atoms with E-state index in [0.717, 1.165) is 0 Å². The van der Waals surface area contributed by atoms with Crippen LogP contribution < -0.4 is 15.0 Å². The Kier molecular flexibility index (Phi) is 3.56. The van der Waals surface area contributed by atoms with Gasteiger partial charge in [-0.1, -0.05) is 6.07 Å². The van der Waals surface area contributed by atoms with Gasteiger partial charge in [-0.3, -0.25) is 14.2 Å². The number of aromatic nitrogens is 1. The van der Waals surface area contributed by atoms with E-state index in [-0.39, 0.29) is 5.56 Å². The predicted molar refractivity (Wildman–Crippen MR) is 86.5 cm³/mol. The van der Waals surface area contributed by atoms with Crippen molar-refractivity contribution in [1.82, 2.24) is 4.57 Å². The molecule has 5 heteroatoms. The van der Waals surface area contributed by atoms with Crippen LogP contribution in [0.2, 0.25) is 0 Å². The predicted octanol–water partition coefficient (Wildman–Crippen LogP) is 2.83. The monoisotopic (exact) mass is 311 g/mol. The molecule has 0 aliphatic carbocycles. The number of carbonyl (C=O) groups is 1. The van der Waals surface area contributed by atoms with Crippen molar-refractivity contribution in [3.05, 3.63) is 64.6 Å². The molecule has 0 spiro atoms. The van der Waals surface area contributed by atoms with Gasteiger partial charge < -0.3 is 9.47 Å². The number of nitrogens with zero attached hydrogens (tertiary/aromatic N) is 1. The molecular formula is C18H17NO4. The van der Waals surface area contributed by atoms with Gasteiger partial charge in [-0.15, -0.1) is 0 Å². The molecule has 1 aliphatic rings. The maximum Gasteiger partial charge on any atom is 0.308 e. The highest BCUT2D eigenvalue weighted by molar-refractivity contribution is 5.76. The minimum atomic E-state index is -0.555. The number of fused-ring (bicyclic) bond motifs is 1. The van der Waals surface area contributed by atoms with E-state index in [0.29, 0.717) is 22.8 Å². The SMILES string of the molecule is CC(=O)Oc1ccc2c(c1)C(n1ccccc1=O)=CC(C)(C)O2. The number of benzene rings is 1. The third kappa shape index (κ3) is 3.04. The van der Waals surface area contributed by atoms with Crippen molar-refractivity contribution in [2.24, 2.45) is 0 Å². The maximum atomic E-state index is 12.2. The van der Waals surface area contributed by atoms with Crippen molar-refractivity contribution in [1.29, 1.82) is 0 Å². The number of hydrogen-bond donors (Lipinski definition) is 0. The normalized spacial score (nSPS) is 15.2.